The minimum Gasteiger partial charge on any atom is -0.508 e. The molecular formula is C13H18ClNO2. The zero-order chi connectivity index (χ0) is 12.8. The largest absolute Gasteiger partial charge is 0.508 e. The van der Waals surface area contributed by atoms with Gasteiger partial charge in [0.05, 0.1) is 6.42 Å². The Morgan fingerprint density at radius 3 is 2.82 bits per heavy atom. The second-order valence-electron chi connectivity index (χ2n) is 4.23. The van der Waals surface area contributed by atoms with Gasteiger partial charge in [-0.2, -0.15) is 0 Å². The number of carbonyl (C=O) groups excluding carboxylic acids is 1. The van der Waals surface area contributed by atoms with Crippen molar-refractivity contribution in [2.75, 3.05) is 13.6 Å². The van der Waals surface area contributed by atoms with Gasteiger partial charge >= 0.3 is 0 Å². The molecule has 0 radical (unpaired) electrons. The molecule has 0 fully saturated rings. The highest BCUT2D eigenvalue weighted by Gasteiger charge is 2.10. The Morgan fingerprint density at radius 2 is 2.24 bits per heavy atom. The Labute approximate surface area is 107 Å². The molecule has 3 nitrogen and oxygen atoms in total. The lowest BCUT2D eigenvalue weighted by Crippen LogP contribution is -2.30. The smallest absolute Gasteiger partial charge is 0.226 e. The summed E-state index contributed by atoms with van der Waals surface area (Å²) in [6.45, 7) is 2.57. The molecule has 1 rings (SSSR count). The van der Waals surface area contributed by atoms with Gasteiger partial charge in [0.25, 0.3) is 0 Å². The molecule has 1 amide bonds. The summed E-state index contributed by atoms with van der Waals surface area (Å²) < 4.78 is 0. The molecule has 1 N–H and O–H groups in total. The second-order valence-corrected chi connectivity index (χ2v) is 4.98. The predicted molar refractivity (Wildman–Crippen MR) is 69.4 cm³/mol. The molecular weight excluding hydrogens is 238 g/mol. The Hall–Kier alpha value is -1.22. The maximum absolute atomic E-state index is 11.8. The van der Waals surface area contributed by atoms with Crippen molar-refractivity contribution in [1.82, 2.24) is 4.90 Å². The molecule has 0 saturated heterocycles. The number of phenolic OH excluding ortho intramolecular Hbond substituents is 1. The van der Waals surface area contributed by atoms with E-state index >= 15 is 0 Å². The normalized spacial score (nSPS) is 12.2. The highest BCUT2D eigenvalue weighted by Crippen LogP contribution is 2.12. The minimum atomic E-state index is 0.0351. The van der Waals surface area contributed by atoms with Crippen molar-refractivity contribution in [1.29, 1.82) is 0 Å². The van der Waals surface area contributed by atoms with Crippen LogP contribution < -0.4 is 0 Å². The summed E-state index contributed by atoms with van der Waals surface area (Å²) in [7, 11) is 1.77. The SMILES string of the molecule is CC(Cl)CCN(C)C(=O)Cc1cccc(O)c1. The Kier molecular flexibility index (Phi) is 5.29. The molecule has 94 valence electrons. The third-order valence-electron chi connectivity index (χ3n) is 2.55. The monoisotopic (exact) mass is 255 g/mol. The van der Waals surface area contributed by atoms with Gasteiger partial charge in [-0.25, -0.2) is 0 Å². The topological polar surface area (TPSA) is 40.5 Å². The van der Waals surface area contributed by atoms with Crippen LogP contribution in [-0.4, -0.2) is 34.9 Å². The van der Waals surface area contributed by atoms with Gasteiger partial charge in [0, 0.05) is 19.0 Å². The first-order valence-electron chi connectivity index (χ1n) is 5.65. The average Bonchev–Trinajstić information content (AvgIpc) is 2.25. The fourth-order valence-corrected chi connectivity index (χ4v) is 1.57. The van der Waals surface area contributed by atoms with Crippen molar-refractivity contribution in [3.8, 4) is 5.75 Å². The molecule has 0 aliphatic rings. The molecule has 0 bridgehead atoms. The fraction of sp³-hybridized carbons (Fsp3) is 0.462. The van der Waals surface area contributed by atoms with E-state index in [1.807, 2.05) is 13.0 Å². The van der Waals surface area contributed by atoms with E-state index in [0.29, 0.717) is 13.0 Å². The maximum Gasteiger partial charge on any atom is 0.226 e. The van der Waals surface area contributed by atoms with Crippen LogP contribution in [0.3, 0.4) is 0 Å². The van der Waals surface area contributed by atoms with Gasteiger partial charge in [-0.15, -0.1) is 11.6 Å². The van der Waals surface area contributed by atoms with E-state index in [2.05, 4.69) is 0 Å². The van der Waals surface area contributed by atoms with Crippen molar-refractivity contribution in [2.24, 2.45) is 0 Å². The van der Waals surface area contributed by atoms with Gasteiger partial charge in [0.2, 0.25) is 5.91 Å². The van der Waals surface area contributed by atoms with Crippen molar-refractivity contribution in [3.05, 3.63) is 29.8 Å². The summed E-state index contributed by atoms with van der Waals surface area (Å²) in [6, 6.07) is 6.76. The van der Waals surface area contributed by atoms with Crippen LogP contribution in [0.25, 0.3) is 0 Å². The predicted octanol–water partition coefficient (Wildman–Crippen LogP) is 2.41. The van der Waals surface area contributed by atoms with Gasteiger partial charge in [0.1, 0.15) is 5.75 Å². The van der Waals surface area contributed by atoms with Gasteiger partial charge in [-0.3, -0.25) is 4.79 Å². The number of alkyl halides is 1. The average molecular weight is 256 g/mol. The zero-order valence-electron chi connectivity index (χ0n) is 10.2. The van der Waals surface area contributed by atoms with E-state index in [4.69, 9.17) is 11.6 Å². The highest BCUT2D eigenvalue weighted by molar-refractivity contribution is 6.20. The summed E-state index contributed by atoms with van der Waals surface area (Å²) in [5.74, 6) is 0.222. The number of aromatic hydroxyl groups is 1. The van der Waals surface area contributed by atoms with E-state index in [9.17, 15) is 9.90 Å². The first-order chi connectivity index (χ1) is 7.99. The van der Waals surface area contributed by atoms with E-state index < -0.39 is 0 Å². The summed E-state index contributed by atoms with van der Waals surface area (Å²) in [5, 5.41) is 9.37. The molecule has 4 heteroatoms. The van der Waals surface area contributed by atoms with Crippen LogP contribution in [0.15, 0.2) is 24.3 Å². The van der Waals surface area contributed by atoms with Crippen LogP contribution in [0.5, 0.6) is 5.75 Å². The quantitative estimate of drug-likeness (QED) is 0.821. The van der Waals surface area contributed by atoms with Crippen LogP contribution in [-0.2, 0) is 11.2 Å². The van der Waals surface area contributed by atoms with E-state index in [0.717, 1.165) is 12.0 Å². The molecule has 0 aliphatic carbocycles. The summed E-state index contributed by atoms with van der Waals surface area (Å²) in [6.07, 6.45) is 1.09. The van der Waals surface area contributed by atoms with Crippen LogP contribution in [0.2, 0.25) is 0 Å². The lowest BCUT2D eigenvalue weighted by Gasteiger charge is -2.17. The number of nitrogens with zero attached hydrogens (tertiary/aromatic N) is 1. The first-order valence-corrected chi connectivity index (χ1v) is 6.08. The third kappa shape index (κ3) is 5.09. The molecule has 1 aromatic carbocycles. The number of likely N-dealkylation sites (N-methyl/N-ethyl adjacent to an activating group) is 1. The molecule has 0 aliphatic heterocycles. The Morgan fingerprint density at radius 1 is 1.53 bits per heavy atom. The molecule has 0 aromatic heterocycles. The van der Waals surface area contributed by atoms with E-state index in [1.165, 1.54) is 0 Å². The number of benzene rings is 1. The second kappa shape index (κ2) is 6.50. The van der Waals surface area contributed by atoms with E-state index in [1.54, 1.807) is 30.1 Å². The summed E-state index contributed by atoms with van der Waals surface area (Å²) >= 11 is 5.84. The van der Waals surface area contributed by atoms with Crippen LogP contribution >= 0.6 is 11.6 Å². The number of amides is 1. The summed E-state index contributed by atoms with van der Waals surface area (Å²) in [4.78, 5) is 13.5. The van der Waals surface area contributed by atoms with Gasteiger partial charge in [-0.05, 0) is 31.0 Å². The third-order valence-corrected chi connectivity index (χ3v) is 2.77. The van der Waals surface area contributed by atoms with Gasteiger partial charge in [-0.1, -0.05) is 12.1 Å². The standard InChI is InChI=1S/C13H18ClNO2/c1-10(14)6-7-15(2)13(17)9-11-4-3-5-12(16)8-11/h3-5,8,10,16H,6-7,9H2,1-2H3. The molecule has 0 heterocycles. The molecule has 0 spiro atoms. The molecule has 17 heavy (non-hydrogen) atoms. The lowest BCUT2D eigenvalue weighted by atomic mass is 10.1. The van der Waals surface area contributed by atoms with Crippen molar-refractivity contribution in [2.45, 2.75) is 25.1 Å². The number of hydrogen-bond acceptors (Lipinski definition) is 2. The molecule has 0 saturated carbocycles. The molecule has 1 aromatic rings. The van der Waals surface area contributed by atoms with Crippen molar-refractivity contribution < 1.29 is 9.90 Å². The highest BCUT2D eigenvalue weighted by atomic mass is 35.5. The number of carbonyl (C=O) groups is 1. The van der Waals surface area contributed by atoms with Crippen LogP contribution in [0, 0.1) is 0 Å². The van der Waals surface area contributed by atoms with Gasteiger partial charge < -0.3 is 10.0 Å². The lowest BCUT2D eigenvalue weighted by molar-refractivity contribution is -0.129. The Bertz CT molecular complexity index is 379. The molecule has 1 unspecified atom stereocenters. The summed E-state index contributed by atoms with van der Waals surface area (Å²) in [5.41, 5.74) is 0.820. The zero-order valence-corrected chi connectivity index (χ0v) is 10.9. The minimum absolute atomic E-state index is 0.0351. The van der Waals surface area contributed by atoms with Gasteiger partial charge in [0.15, 0.2) is 0 Å². The fourth-order valence-electron chi connectivity index (χ4n) is 1.47. The first kappa shape index (κ1) is 13.8. The number of halogens is 1. The number of rotatable bonds is 5. The molecule has 1 atom stereocenters. The van der Waals surface area contributed by atoms with Crippen LogP contribution in [0.4, 0.5) is 0 Å². The van der Waals surface area contributed by atoms with Crippen LogP contribution in [0.1, 0.15) is 18.9 Å². The van der Waals surface area contributed by atoms with Crippen molar-refractivity contribution in [3.63, 3.8) is 0 Å². The van der Waals surface area contributed by atoms with Crippen molar-refractivity contribution >= 4 is 17.5 Å². The Balaban J connectivity index is 2.48. The maximum atomic E-state index is 11.8. The number of phenols is 1. The van der Waals surface area contributed by atoms with E-state index in [-0.39, 0.29) is 17.0 Å². The number of hydrogen-bond donors (Lipinski definition) is 1.